The van der Waals surface area contributed by atoms with Gasteiger partial charge in [-0.1, -0.05) is 22.6 Å². The molecule has 0 rings (SSSR count). The summed E-state index contributed by atoms with van der Waals surface area (Å²) < 4.78 is 240. The van der Waals surface area contributed by atoms with E-state index in [9.17, 15) is 83.4 Å². The van der Waals surface area contributed by atoms with Gasteiger partial charge in [-0.25, -0.2) is 0 Å². The molecular weight excluding hydrogens is 608 g/mol. The van der Waals surface area contributed by atoms with Gasteiger partial charge >= 0.3 is 53.6 Å². The number of halogens is 20. The molecule has 0 heterocycles. The smallest absolute Gasteiger partial charge is 0.199 e. The van der Waals surface area contributed by atoms with E-state index in [2.05, 4.69) is 0 Å². The molecule has 0 nitrogen and oxygen atoms in total. The van der Waals surface area contributed by atoms with Gasteiger partial charge in [-0.15, -0.1) is 0 Å². The Bertz CT molecular complexity index is 628. The van der Waals surface area contributed by atoms with Gasteiger partial charge in [-0.05, 0) is 0 Å². The first-order valence-electron chi connectivity index (χ1n) is 6.21. The highest BCUT2D eigenvalue weighted by Crippen LogP contribution is 2.65. The van der Waals surface area contributed by atoms with Crippen LogP contribution in [-0.2, 0) is 0 Å². The second-order valence-electron chi connectivity index (χ2n) is 5.36. The van der Waals surface area contributed by atoms with Crippen LogP contribution in [0.5, 0.6) is 0 Å². The Labute approximate surface area is 164 Å². The van der Waals surface area contributed by atoms with E-state index < -0.39 is 58.0 Å². The van der Waals surface area contributed by atoms with Crippen LogP contribution in [0.25, 0.3) is 0 Å². The zero-order chi connectivity index (χ0) is 25.2. The number of hydrogen-bond acceptors (Lipinski definition) is 0. The molecule has 0 unspecified atom stereocenters. The number of hydrogen-bond donors (Lipinski definition) is 0. The molecule has 0 N–H and O–H groups in total. The molecule has 30 heavy (non-hydrogen) atoms. The lowest BCUT2D eigenvalue weighted by Gasteiger charge is -2.43. The molecule has 0 saturated carbocycles. The van der Waals surface area contributed by atoms with E-state index in [1.54, 1.807) is 0 Å². The Hall–Kier alpha value is -0.600. The van der Waals surface area contributed by atoms with Gasteiger partial charge in [-0.3, -0.25) is 0 Å². The Morgan fingerprint density at radius 2 is 0.533 bits per heavy atom. The lowest BCUT2D eigenvalue weighted by atomic mass is 9.87. The predicted octanol–water partition coefficient (Wildman–Crippen LogP) is 7.07. The minimum atomic E-state index is -8.85. The normalized spacial score (nSPS) is 16.8. The maximum atomic E-state index is 13.2. The minimum absolute atomic E-state index is 0.105. The second-order valence-corrected chi connectivity index (χ2v) is 6.12. The van der Waals surface area contributed by atoms with E-state index in [4.69, 9.17) is 0 Å². The highest BCUT2D eigenvalue weighted by molar-refractivity contribution is 14.1. The molecule has 182 valence electrons. The third kappa shape index (κ3) is 3.45. The van der Waals surface area contributed by atoms with Gasteiger partial charge in [0.1, 0.15) is 0 Å². The molecule has 0 aromatic heterocycles. The van der Waals surface area contributed by atoms with E-state index >= 15 is 0 Å². The summed E-state index contributed by atoms with van der Waals surface area (Å²) in [5.41, 5.74) is 0. The van der Waals surface area contributed by atoms with Crippen LogP contribution in [0, 0.1) is 0 Å². The Morgan fingerprint density at radius 1 is 0.333 bits per heavy atom. The van der Waals surface area contributed by atoms with Gasteiger partial charge < -0.3 is 0 Å². The van der Waals surface area contributed by atoms with Crippen LogP contribution in [-0.4, -0.2) is 58.0 Å². The van der Waals surface area contributed by atoms with Crippen molar-refractivity contribution < 1.29 is 83.4 Å². The molecule has 0 bridgehead atoms. The average Bonchev–Trinajstić information content (AvgIpc) is 2.52. The quantitative estimate of drug-likeness (QED) is 0.157. The van der Waals surface area contributed by atoms with E-state index in [1.165, 1.54) is 0 Å². The molecule has 0 fully saturated rings. The standard InChI is InChI=1S/C10H2F19I/c11-2(12,1-30)3(13,14)4(15,16)5(17,18)6(19,20)7(21,22)8(23,24)9(25,26)10(27,28)29/h1H2. The van der Waals surface area contributed by atoms with Crippen LogP contribution < -0.4 is 0 Å². The maximum absolute atomic E-state index is 13.2. The lowest BCUT2D eigenvalue weighted by molar-refractivity contribution is -0.467. The molecule has 0 aliphatic carbocycles. The van der Waals surface area contributed by atoms with Crippen molar-refractivity contribution in [3.63, 3.8) is 0 Å². The van der Waals surface area contributed by atoms with Crippen LogP contribution >= 0.6 is 22.6 Å². The molecule has 0 aliphatic rings. The highest BCUT2D eigenvalue weighted by Gasteiger charge is 2.96. The molecule has 0 atom stereocenters. The van der Waals surface area contributed by atoms with Crippen LogP contribution in [0.3, 0.4) is 0 Å². The largest absolute Gasteiger partial charge is 0.460 e. The van der Waals surface area contributed by atoms with E-state index in [0.717, 1.165) is 0 Å². The minimum Gasteiger partial charge on any atom is -0.199 e. The molecule has 0 saturated heterocycles. The van der Waals surface area contributed by atoms with Crippen molar-refractivity contribution in [3.05, 3.63) is 0 Å². The van der Waals surface area contributed by atoms with Gasteiger partial charge in [0.05, 0.1) is 4.43 Å². The van der Waals surface area contributed by atoms with Gasteiger partial charge in [-0.2, -0.15) is 83.4 Å². The van der Waals surface area contributed by atoms with Crippen molar-refractivity contribution in [2.45, 2.75) is 53.6 Å². The van der Waals surface area contributed by atoms with Crippen LogP contribution in [0.1, 0.15) is 0 Å². The highest BCUT2D eigenvalue weighted by atomic mass is 127. The number of rotatable bonds is 8. The Balaban J connectivity index is 6.85. The molecular formula is C10H2F19I. The second kappa shape index (κ2) is 7.20. The summed E-state index contributed by atoms with van der Waals surface area (Å²) >= 11 is 0.105. The third-order valence-electron chi connectivity index (χ3n) is 3.35. The van der Waals surface area contributed by atoms with Crippen molar-refractivity contribution in [2.24, 2.45) is 0 Å². The lowest BCUT2D eigenvalue weighted by Crippen LogP contribution is -2.75. The number of alkyl halides is 20. The van der Waals surface area contributed by atoms with Crippen molar-refractivity contribution in [1.29, 1.82) is 0 Å². The molecule has 0 aromatic carbocycles. The molecule has 20 heteroatoms. The topological polar surface area (TPSA) is 0 Å². The van der Waals surface area contributed by atoms with Crippen LogP contribution in [0.2, 0.25) is 0 Å². The summed E-state index contributed by atoms with van der Waals surface area (Å²) in [6.45, 7) is 0. The fourth-order valence-electron chi connectivity index (χ4n) is 1.48. The Morgan fingerprint density at radius 3 is 0.733 bits per heavy atom. The molecule has 0 aromatic rings. The molecule has 0 aliphatic heterocycles. The van der Waals surface area contributed by atoms with Crippen molar-refractivity contribution in [2.75, 3.05) is 4.43 Å². The summed E-state index contributed by atoms with van der Waals surface area (Å²) in [6.07, 6.45) is -7.87. The molecule has 0 spiro atoms. The van der Waals surface area contributed by atoms with Crippen LogP contribution in [0.15, 0.2) is 0 Å². The summed E-state index contributed by atoms with van der Waals surface area (Å²) in [5, 5.41) is 0. The molecule has 0 radical (unpaired) electrons. The van der Waals surface area contributed by atoms with Crippen molar-refractivity contribution in [3.8, 4) is 0 Å². The van der Waals surface area contributed by atoms with E-state index in [1.807, 2.05) is 0 Å². The van der Waals surface area contributed by atoms with Crippen molar-refractivity contribution >= 4 is 22.6 Å². The van der Waals surface area contributed by atoms with Gasteiger partial charge in [0.25, 0.3) is 0 Å². The van der Waals surface area contributed by atoms with Gasteiger partial charge in [0, 0.05) is 0 Å². The van der Waals surface area contributed by atoms with E-state index in [-0.39, 0.29) is 22.6 Å². The first-order chi connectivity index (χ1) is 12.6. The Kier molecular flexibility index (Phi) is 7.06. The summed E-state index contributed by atoms with van der Waals surface area (Å²) in [6, 6.07) is 0. The fourth-order valence-corrected chi connectivity index (χ4v) is 1.96. The summed E-state index contributed by atoms with van der Waals surface area (Å²) in [4.78, 5) is 0. The van der Waals surface area contributed by atoms with Crippen molar-refractivity contribution in [1.82, 2.24) is 0 Å². The first kappa shape index (κ1) is 29.4. The summed E-state index contributed by atoms with van der Waals surface area (Å²) in [5.74, 6) is -65.8. The van der Waals surface area contributed by atoms with Crippen LogP contribution in [0.4, 0.5) is 83.4 Å². The zero-order valence-corrected chi connectivity index (χ0v) is 14.9. The zero-order valence-electron chi connectivity index (χ0n) is 12.8. The monoisotopic (exact) mass is 610 g/mol. The third-order valence-corrected chi connectivity index (χ3v) is 4.31. The average molecular weight is 610 g/mol. The van der Waals surface area contributed by atoms with Gasteiger partial charge in [0.2, 0.25) is 0 Å². The van der Waals surface area contributed by atoms with E-state index in [0.29, 0.717) is 0 Å². The summed E-state index contributed by atoms with van der Waals surface area (Å²) in [7, 11) is 0. The van der Waals surface area contributed by atoms with Gasteiger partial charge in [0.15, 0.2) is 0 Å². The fraction of sp³-hybridized carbons (Fsp3) is 1.00. The first-order valence-corrected chi connectivity index (χ1v) is 7.74. The predicted molar refractivity (Wildman–Crippen MR) is 64.5 cm³/mol. The SMILES string of the molecule is FC(F)(F)C(F)(F)C(F)(F)C(F)(F)C(F)(F)C(F)(F)C(F)(F)C(F)(F)C(F)(F)CI. The molecule has 0 amide bonds. The maximum Gasteiger partial charge on any atom is 0.460 e.